The van der Waals surface area contributed by atoms with E-state index < -0.39 is 5.54 Å². The molecule has 3 nitrogen and oxygen atoms in total. The van der Waals surface area contributed by atoms with E-state index in [1.165, 1.54) is 5.56 Å². The molecular weight excluding hydrogens is 403 g/mol. The summed E-state index contributed by atoms with van der Waals surface area (Å²) >= 11 is 12.4. The first-order chi connectivity index (χ1) is 13.9. The van der Waals surface area contributed by atoms with Crippen LogP contribution in [0.5, 0.6) is 0 Å². The van der Waals surface area contributed by atoms with Gasteiger partial charge in [0.25, 0.3) is 5.91 Å². The Morgan fingerprint density at radius 3 is 2.48 bits per heavy atom. The maximum Gasteiger partial charge on any atom is 0.255 e. The summed E-state index contributed by atoms with van der Waals surface area (Å²) in [4.78, 5) is 13.3. The van der Waals surface area contributed by atoms with Crippen molar-refractivity contribution in [1.29, 1.82) is 0 Å². The lowest BCUT2D eigenvalue weighted by Crippen LogP contribution is -2.44. The van der Waals surface area contributed by atoms with Gasteiger partial charge in [0.15, 0.2) is 0 Å². The van der Waals surface area contributed by atoms with E-state index >= 15 is 0 Å². The molecule has 0 aliphatic carbocycles. The van der Waals surface area contributed by atoms with Gasteiger partial charge in [-0.3, -0.25) is 4.79 Å². The maximum atomic E-state index is 13.3. The van der Waals surface area contributed by atoms with Crippen molar-refractivity contribution in [1.82, 2.24) is 0 Å². The van der Waals surface area contributed by atoms with Gasteiger partial charge in [-0.1, -0.05) is 67.4 Å². The zero-order chi connectivity index (χ0) is 20.6. The van der Waals surface area contributed by atoms with Crippen molar-refractivity contribution in [3.05, 3.63) is 93.5 Å². The quantitative estimate of drug-likeness (QED) is 0.482. The van der Waals surface area contributed by atoms with Crippen molar-refractivity contribution >= 4 is 40.5 Å². The van der Waals surface area contributed by atoms with E-state index in [1.807, 2.05) is 48.5 Å². The molecule has 1 aliphatic rings. The highest BCUT2D eigenvalue weighted by Crippen LogP contribution is 2.42. The van der Waals surface area contributed by atoms with Gasteiger partial charge in [-0.2, -0.15) is 0 Å². The van der Waals surface area contributed by atoms with E-state index in [0.29, 0.717) is 22.4 Å². The Morgan fingerprint density at radius 2 is 1.72 bits per heavy atom. The molecule has 2 N–H and O–H groups in total. The van der Waals surface area contributed by atoms with Crippen molar-refractivity contribution < 1.29 is 4.79 Å². The molecule has 1 unspecified atom stereocenters. The number of carbonyl (C=O) groups is 1. The van der Waals surface area contributed by atoms with Crippen LogP contribution >= 0.6 is 23.2 Å². The Labute approximate surface area is 181 Å². The molecule has 148 valence electrons. The number of nitrogens with one attached hydrogen (secondary N) is 2. The lowest BCUT2D eigenvalue weighted by molar-refractivity contribution is -0.119. The fourth-order valence-electron chi connectivity index (χ4n) is 3.86. The van der Waals surface area contributed by atoms with Gasteiger partial charge in [-0.05, 0) is 53.4 Å². The fraction of sp³-hybridized carbons (Fsp3) is 0.208. The minimum absolute atomic E-state index is 0.107. The third kappa shape index (κ3) is 3.85. The van der Waals surface area contributed by atoms with E-state index in [9.17, 15) is 4.79 Å². The first kappa shape index (κ1) is 19.8. The Morgan fingerprint density at radius 1 is 0.966 bits per heavy atom. The van der Waals surface area contributed by atoms with Crippen molar-refractivity contribution in [2.75, 3.05) is 10.6 Å². The molecule has 0 saturated heterocycles. The Kier molecular flexibility index (Phi) is 5.28. The molecule has 3 aromatic rings. The lowest BCUT2D eigenvalue weighted by Gasteiger charge is -2.30. The van der Waals surface area contributed by atoms with Crippen LogP contribution in [0, 0.1) is 0 Å². The highest BCUT2D eigenvalue weighted by Gasteiger charge is 2.47. The zero-order valence-corrected chi connectivity index (χ0v) is 17.8. The molecule has 1 aliphatic heterocycles. The van der Waals surface area contributed by atoms with Crippen LogP contribution in [-0.4, -0.2) is 5.91 Å². The number of hydrogen-bond donors (Lipinski definition) is 2. The van der Waals surface area contributed by atoms with E-state index in [-0.39, 0.29) is 5.91 Å². The van der Waals surface area contributed by atoms with Gasteiger partial charge in [-0.25, -0.2) is 0 Å². The molecule has 0 aromatic heterocycles. The molecular formula is C24H22Cl2N2O. The molecule has 4 rings (SSSR count). The number of fused-ring (bicyclic) bond motifs is 1. The summed E-state index contributed by atoms with van der Waals surface area (Å²) in [5.74, 6) is 0.286. The van der Waals surface area contributed by atoms with Crippen molar-refractivity contribution in [3.63, 3.8) is 0 Å². The van der Waals surface area contributed by atoms with Crippen LogP contribution in [-0.2, 0) is 16.8 Å². The molecule has 0 radical (unpaired) electrons. The SMILES string of the molecule is CC(C)c1cccc(NC2(Cc3cccc(Cl)c3)C(=O)Nc3cc(Cl)ccc32)c1. The van der Waals surface area contributed by atoms with Crippen molar-refractivity contribution in [2.24, 2.45) is 0 Å². The molecule has 0 spiro atoms. The van der Waals surface area contributed by atoms with Crippen LogP contribution < -0.4 is 10.6 Å². The molecule has 5 heteroatoms. The summed E-state index contributed by atoms with van der Waals surface area (Å²) in [6, 6.07) is 21.4. The predicted molar refractivity (Wildman–Crippen MR) is 121 cm³/mol. The van der Waals surface area contributed by atoms with E-state index in [0.717, 1.165) is 22.5 Å². The van der Waals surface area contributed by atoms with Gasteiger partial charge in [0.05, 0.1) is 0 Å². The lowest BCUT2D eigenvalue weighted by atomic mass is 9.84. The third-order valence-corrected chi connectivity index (χ3v) is 5.82. The van der Waals surface area contributed by atoms with Gasteiger partial charge in [0.2, 0.25) is 0 Å². The second-order valence-electron chi connectivity index (χ2n) is 7.76. The van der Waals surface area contributed by atoms with E-state index in [2.05, 4.69) is 36.6 Å². The van der Waals surface area contributed by atoms with Crippen molar-refractivity contribution in [3.8, 4) is 0 Å². The number of carbonyl (C=O) groups excluding carboxylic acids is 1. The summed E-state index contributed by atoms with van der Waals surface area (Å²) in [6.07, 6.45) is 0.458. The molecule has 1 amide bonds. The first-order valence-corrected chi connectivity index (χ1v) is 10.4. The Bertz CT molecular complexity index is 1080. The number of halogens is 2. The molecule has 0 saturated carbocycles. The number of amides is 1. The summed E-state index contributed by atoms with van der Waals surface area (Å²) < 4.78 is 0. The smallest absolute Gasteiger partial charge is 0.255 e. The predicted octanol–water partition coefficient (Wildman–Crippen LogP) is 6.62. The Balaban J connectivity index is 1.82. The largest absolute Gasteiger partial charge is 0.367 e. The van der Waals surface area contributed by atoms with Gasteiger partial charge >= 0.3 is 0 Å². The number of hydrogen-bond acceptors (Lipinski definition) is 2. The number of anilines is 2. The standard InChI is InChI=1S/C24H22Cl2N2O/c1-15(2)17-6-4-8-20(12-17)28-24(14-16-5-3-7-18(25)11-16)21-10-9-19(26)13-22(21)27-23(24)29/h3-13,15,28H,14H2,1-2H3,(H,27,29). The zero-order valence-electron chi connectivity index (χ0n) is 16.3. The van der Waals surface area contributed by atoms with Gasteiger partial charge < -0.3 is 10.6 Å². The van der Waals surface area contributed by atoms with Gasteiger partial charge in [0.1, 0.15) is 5.54 Å². The molecule has 29 heavy (non-hydrogen) atoms. The molecule has 0 bridgehead atoms. The fourth-order valence-corrected chi connectivity index (χ4v) is 4.25. The summed E-state index contributed by atoms with van der Waals surface area (Å²) in [7, 11) is 0. The molecule has 3 aromatic carbocycles. The monoisotopic (exact) mass is 424 g/mol. The summed E-state index contributed by atoms with van der Waals surface area (Å²) in [6.45, 7) is 4.31. The van der Waals surface area contributed by atoms with Crippen LogP contribution in [0.3, 0.4) is 0 Å². The second kappa shape index (κ2) is 7.74. The second-order valence-corrected chi connectivity index (χ2v) is 8.63. The van der Waals surface area contributed by atoms with Crippen LogP contribution in [0.4, 0.5) is 11.4 Å². The van der Waals surface area contributed by atoms with Crippen LogP contribution in [0.15, 0.2) is 66.7 Å². The highest BCUT2D eigenvalue weighted by molar-refractivity contribution is 6.31. The van der Waals surface area contributed by atoms with Gasteiger partial charge in [0, 0.05) is 33.4 Å². The van der Waals surface area contributed by atoms with Crippen LogP contribution in [0.25, 0.3) is 0 Å². The minimum atomic E-state index is -0.958. The molecule has 1 heterocycles. The van der Waals surface area contributed by atoms with E-state index in [1.54, 1.807) is 6.07 Å². The Hall–Kier alpha value is -2.49. The highest BCUT2D eigenvalue weighted by atomic mass is 35.5. The van der Waals surface area contributed by atoms with E-state index in [4.69, 9.17) is 23.2 Å². The third-order valence-electron chi connectivity index (χ3n) is 5.35. The normalized spacial score (nSPS) is 17.9. The average Bonchev–Trinajstić information content (AvgIpc) is 2.92. The maximum absolute atomic E-state index is 13.3. The van der Waals surface area contributed by atoms with Crippen LogP contribution in [0.1, 0.15) is 36.5 Å². The number of rotatable bonds is 5. The molecule has 0 fully saturated rings. The van der Waals surface area contributed by atoms with Gasteiger partial charge in [-0.15, -0.1) is 0 Å². The van der Waals surface area contributed by atoms with Crippen molar-refractivity contribution in [2.45, 2.75) is 31.7 Å². The topological polar surface area (TPSA) is 41.1 Å². The minimum Gasteiger partial charge on any atom is -0.367 e. The number of benzene rings is 3. The van der Waals surface area contributed by atoms with Crippen LogP contribution in [0.2, 0.25) is 10.0 Å². The average molecular weight is 425 g/mol. The first-order valence-electron chi connectivity index (χ1n) is 9.61. The summed E-state index contributed by atoms with van der Waals surface area (Å²) in [5, 5.41) is 7.78. The molecule has 1 atom stereocenters. The summed E-state index contributed by atoms with van der Waals surface area (Å²) in [5.41, 5.74) is 3.74.